The van der Waals surface area contributed by atoms with Crippen molar-refractivity contribution in [3.05, 3.63) is 57.4 Å². The number of hydrogen-bond acceptors (Lipinski definition) is 3. The van der Waals surface area contributed by atoms with Gasteiger partial charge in [0.1, 0.15) is 5.69 Å². The van der Waals surface area contributed by atoms with Gasteiger partial charge in [0.2, 0.25) is 0 Å². The minimum atomic E-state index is -0.371. The van der Waals surface area contributed by atoms with E-state index in [2.05, 4.69) is 11.9 Å². The van der Waals surface area contributed by atoms with Crippen molar-refractivity contribution in [2.45, 2.75) is 64.7 Å². The van der Waals surface area contributed by atoms with Gasteiger partial charge in [0.25, 0.3) is 0 Å². The first-order chi connectivity index (χ1) is 13.5. The first-order valence-corrected chi connectivity index (χ1v) is 10.6. The van der Waals surface area contributed by atoms with E-state index in [4.69, 9.17) is 16.3 Å². The number of H-pyrrole nitrogens is 1. The van der Waals surface area contributed by atoms with Crippen LogP contribution in [0.2, 0.25) is 5.02 Å². The Bertz CT molecular complexity index is 856. The Morgan fingerprint density at radius 3 is 2.68 bits per heavy atom. The summed E-state index contributed by atoms with van der Waals surface area (Å²) in [4.78, 5) is 28.5. The van der Waals surface area contributed by atoms with Crippen molar-refractivity contribution in [3.63, 3.8) is 0 Å². The van der Waals surface area contributed by atoms with Crippen LogP contribution in [0.4, 0.5) is 0 Å². The van der Waals surface area contributed by atoms with E-state index in [1.165, 1.54) is 19.3 Å². The normalized spacial score (nSPS) is 16.1. The average Bonchev–Trinajstić information content (AvgIpc) is 3.02. The number of hydrogen-bond donors (Lipinski definition) is 1. The molecule has 1 aromatic heterocycles. The van der Waals surface area contributed by atoms with Crippen LogP contribution in [0.3, 0.4) is 0 Å². The van der Waals surface area contributed by atoms with Gasteiger partial charge in [-0.05, 0) is 42.9 Å². The van der Waals surface area contributed by atoms with Gasteiger partial charge in [0.15, 0.2) is 5.78 Å². The molecule has 1 aromatic carbocycles. The highest BCUT2D eigenvalue weighted by molar-refractivity contribution is 6.31. The highest BCUT2D eigenvalue weighted by atomic mass is 35.5. The second-order valence-electron chi connectivity index (χ2n) is 7.58. The Morgan fingerprint density at radius 2 is 1.93 bits per heavy atom. The Morgan fingerprint density at radius 1 is 1.18 bits per heavy atom. The van der Waals surface area contributed by atoms with Crippen LogP contribution in [0, 0.1) is 6.92 Å². The van der Waals surface area contributed by atoms with Crippen LogP contribution in [0.15, 0.2) is 24.3 Å². The molecule has 150 valence electrons. The molecule has 0 bridgehead atoms. The van der Waals surface area contributed by atoms with E-state index in [1.807, 2.05) is 31.2 Å². The summed E-state index contributed by atoms with van der Waals surface area (Å²) in [5.74, 6) is -0.294. The molecule has 4 nitrogen and oxygen atoms in total. The molecular formula is C23H28ClNO3. The molecule has 28 heavy (non-hydrogen) atoms. The molecule has 1 atom stereocenters. The molecule has 1 N–H and O–H groups in total. The smallest absolute Gasteiger partial charge is 0.355 e. The molecule has 1 aliphatic rings. The summed E-state index contributed by atoms with van der Waals surface area (Å²) in [6.45, 7) is 4.41. The minimum absolute atomic E-state index is 0.0224. The second kappa shape index (κ2) is 9.42. The lowest BCUT2D eigenvalue weighted by Gasteiger charge is -2.22. The Kier molecular flexibility index (Phi) is 6.95. The number of benzene rings is 1. The summed E-state index contributed by atoms with van der Waals surface area (Å²) >= 11 is 6.33. The molecular weight excluding hydrogens is 374 g/mol. The van der Waals surface area contributed by atoms with Crippen LogP contribution in [0.1, 0.15) is 89.0 Å². The van der Waals surface area contributed by atoms with Crippen molar-refractivity contribution >= 4 is 23.4 Å². The summed E-state index contributed by atoms with van der Waals surface area (Å²) in [7, 11) is 0. The third-order valence-electron chi connectivity index (χ3n) is 5.52. The second-order valence-corrected chi connectivity index (χ2v) is 7.99. The molecule has 0 radical (unpaired) electrons. The fourth-order valence-electron chi connectivity index (χ4n) is 4.01. The van der Waals surface area contributed by atoms with Crippen LogP contribution in [0.5, 0.6) is 0 Å². The van der Waals surface area contributed by atoms with E-state index in [1.54, 1.807) is 0 Å². The maximum absolute atomic E-state index is 12.8. The number of ketones is 1. The van der Waals surface area contributed by atoms with Crippen LogP contribution in [0.25, 0.3) is 0 Å². The molecule has 5 heteroatoms. The van der Waals surface area contributed by atoms with Gasteiger partial charge in [-0.15, -0.1) is 0 Å². The number of rotatable bonds is 8. The van der Waals surface area contributed by atoms with E-state index >= 15 is 0 Å². The number of aromatic nitrogens is 1. The zero-order valence-electron chi connectivity index (χ0n) is 16.6. The number of unbranched alkanes of at least 4 members (excludes halogenated alkanes) is 4. The van der Waals surface area contributed by atoms with Gasteiger partial charge < -0.3 is 9.72 Å². The Balaban J connectivity index is 1.69. The molecule has 0 spiro atoms. The van der Waals surface area contributed by atoms with Crippen molar-refractivity contribution < 1.29 is 14.3 Å². The van der Waals surface area contributed by atoms with E-state index in [0.29, 0.717) is 41.3 Å². The van der Waals surface area contributed by atoms with Gasteiger partial charge in [-0.3, -0.25) is 4.79 Å². The van der Waals surface area contributed by atoms with Gasteiger partial charge in [0, 0.05) is 22.7 Å². The standard InChI is InChI=1S/C23H28ClNO3/c1-3-4-5-6-9-12-28-23(27)22-15(2)21-19(25-22)13-16(14-20(21)26)17-10-7-8-11-18(17)24/h7-8,10-11,16,25H,3-6,9,12-14H2,1-2H3/t16-/m0/s1. The van der Waals surface area contributed by atoms with Crippen molar-refractivity contribution in [2.24, 2.45) is 0 Å². The quantitative estimate of drug-likeness (QED) is 0.434. The fourth-order valence-corrected chi connectivity index (χ4v) is 4.30. The lowest BCUT2D eigenvalue weighted by atomic mass is 9.81. The molecule has 0 fully saturated rings. The highest BCUT2D eigenvalue weighted by Gasteiger charge is 2.32. The predicted molar refractivity (Wildman–Crippen MR) is 111 cm³/mol. The SMILES string of the molecule is CCCCCCCOC(=O)c1[nH]c2c(c1C)C(=O)C[C@@H](c1ccccc1Cl)C2. The molecule has 1 heterocycles. The number of esters is 1. The number of Topliss-reactive ketones (excluding diaryl/α,β-unsaturated/α-hetero) is 1. The van der Waals surface area contributed by atoms with E-state index in [9.17, 15) is 9.59 Å². The lowest BCUT2D eigenvalue weighted by molar-refractivity contribution is 0.0490. The fraction of sp³-hybridized carbons (Fsp3) is 0.478. The van der Waals surface area contributed by atoms with E-state index in [-0.39, 0.29) is 17.7 Å². The third kappa shape index (κ3) is 4.49. The molecule has 0 aliphatic heterocycles. The molecule has 1 aliphatic carbocycles. The van der Waals surface area contributed by atoms with Gasteiger partial charge in [-0.2, -0.15) is 0 Å². The zero-order chi connectivity index (χ0) is 20.1. The Labute approximate surface area is 171 Å². The third-order valence-corrected chi connectivity index (χ3v) is 5.86. The van der Waals surface area contributed by atoms with Crippen LogP contribution >= 0.6 is 11.6 Å². The van der Waals surface area contributed by atoms with Crippen LogP contribution < -0.4 is 0 Å². The molecule has 0 unspecified atom stereocenters. The van der Waals surface area contributed by atoms with Gasteiger partial charge in [0.05, 0.1) is 6.61 Å². The maximum Gasteiger partial charge on any atom is 0.355 e. The number of aromatic amines is 1. The lowest BCUT2D eigenvalue weighted by Crippen LogP contribution is -2.18. The summed E-state index contributed by atoms with van der Waals surface area (Å²) in [6.07, 6.45) is 6.58. The van der Waals surface area contributed by atoms with E-state index in [0.717, 1.165) is 24.1 Å². The largest absolute Gasteiger partial charge is 0.461 e. The minimum Gasteiger partial charge on any atom is -0.461 e. The first kappa shape index (κ1) is 20.7. The van der Waals surface area contributed by atoms with Crippen molar-refractivity contribution in [1.82, 2.24) is 4.98 Å². The predicted octanol–water partition coefficient (Wildman–Crippen LogP) is 6.02. The molecule has 0 saturated heterocycles. The highest BCUT2D eigenvalue weighted by Crippen LogP contribution is 2.37. The Hall–Kier alpha value is -2.07. The van der Waals surface area contributed by atoms with Gasteiger partial charge in [-0.1, -0.05) is 62.4 Å². The molecule has 0 amide bonds. The van der Waals surface area contributed by atoms with Gasteiger partial charge >= 0.3 is 5.97 Å². The monoisotopic (exact) mass is 401 g/mol. The number of halogens is 1. The maximum atomic E-state index is 12.8. The number of fused-ring (bicyclic) bond motifs is 1. The van der Waals surface area contributed by atoms with Gasteiger partial charge in [-0.25, -0.2) is 4.79 Å². The summed E-state index contributed by atoms with van der Waals surface area (Å²) in [5, 5.41) is 0.676. The number of carbonyl (C=O) groups excluding carboxylic acids is 2. The van der Waals surface area contributed by atoms with E-state index < -0.39 is 0 Å². The zero-order valence-corrected chi connectivity index (χ0v) is 17.4. The number of ether oxygens (including phenoxy) is 1. The van der Waals surface area contributed by atoms with Crippen LogP contribution in [-0.4, -0.2) is 23.3 Å². The average molecular weight is 402 g/mol. The van der Waals surface area contributed by atoms with Crippen molar-refractivity contribution in [3.8, 4) is 0 Å². The van der Waals surface area contributed by atoms with Crippen molar-refractivity contribution in [1.29, 1.82) is 0 Å². The number of nitrogens with one attached hydrogen (secondary N) is 1. The first-order valence-electron chi connectivity index (χ1n) is 10.2. The summed E-state index contributed by atoms with van der Waals surface area (Å²) < 4.78 is 5.43. The van der Waals surface area contributed by atoms with Crippen molar-refractivity contribution in [2.75, 3.05) is 6.61 Å². The number of carbonyl (C=O) groups is 2. The summed E-state index contributed by atoms with van der Waals surface area (Å²) in [6, 6.07) is 7.64. The topological polar surface area (TPSA) is 59.2 Å². The molecule has 0 saturated carbocycles. The molecule has 2 aromatic rings. The molecule has 3 rings (SSSR count). The summed E-state index contributed by atoms with van der Waals surface area (Å²) in [5.41, 5.74) is 3.55. The van der Waals surface area contributed by atoms with Crippen LogP contribution in [-0.2, 0) is 11.2 Å².